The monoisotopic (exact) mass is 373 g/mol. The van der Waals surface area contributed by atoms with Crippen LogP contribution in [0.2, 0.25) is 0 Å². The molecule has 1 N–H and O–H groups in total. The van der Waals surface area contributed by atoms with E-state index in [0.29, 0.717) is 29.7 Å². The van der Waals surface area contributed by atoms with E-state index in [1.54, 1.807) is 24.1 Å². The maximum absolute atomic E-state index is 14.6. The molecule has 2 aliphatic rings. The first-order valence-electron chi connectivity index (χ1n) is 9.38. The molecule has 2 saturated heterocycles. The summed E-state index contributed by atoms with van der Waals surface area (Å²) in [5.74, 6) is 0.882. The van der Waals surface area contributed by atoms with E-state index >= 15 is 0 Å². The lowest BCUT2D eigenvalue weighted by Gasteiger charge is -2.54. The zero-order valence-corrected chi connectivity index (χ0v) is 15.8. The van der Waals surface area contributed by atoms with Gasteiger partial charge in [-0.2, -0.15) is 5.10 Å². The highest BCUT2D eigenvalue weighted by Crippen LogP contribution is 2.41. The average Bonchev–Trinajstić information content (AvgIpc) is 3.03. The molecule has 2 aromatic rings. The second kappa shape index (κ2) is 6.83. The van der Waals surface area contributed by atoms with Gasteiger partial charge in [-0.15, -0.1) is 0 Å². The Bertz CT molecular complexity index is 856. The van der Waals surface area contributed by atoms with Crippen molar-refractivity contribution >= 4 is 11.7 Å². The Balaban J connectivity index is 1.60. The number of aryl methyl sites for hydroxylation is 1. The molecule has 7 nitrogen and oxygen atoms in total. The van der Waals surface area contributed by atoms with E-state index in [9.17, 15) is 9.18 Å². The van der Waals surface area contributed by atoms with Gasteiger partial charge in [-0.3, -0.25) is 4.68 Å². The number of benzene rings is 1. The molecule has 1 aromatic heterocycles. The third kappa shape index (κ3) is 3.24. The van der Waals surface area contributed by atoms with Gasteiger partial charge in [0.1, 0.15) is 12.1 Å². The lowest BCUT2D eigenvalue weighted by Crippen LogP contribution is -2.63. The van der Waals surface area contributed by atoms with Crippen LogP contribution in [-0.2, 0) is 7.05 Å². The summed E-state index contributed by atoms with van der Waals surface area (Å²) >= 11 is 0. The van der Waals surface area contributed by atoms with E-state index in [1.165, 1.54) is 6.07 Å². The van der Waals surface area contributed by atoms with E-state index in [4.69, 9.17) is 4.74 Å². The van der Waals surface area contributed by atoms with Gasteiger partial charge in [0.2, 0.25) is 0 Å². The van der Waals surface area contributed by atoms with Gasteiger partial charge in [-0.05, 0) is 38.2 Å². The largest absolute Gasteiger partial charge is 0.493 e. The van der Waals surface area contributed by atoms with Crippen molar-refractivity contribution in [1.29, 1.82) is 0 Å². The van der Waals surface area contributed by atoms with Crippen molar-refractivity contribution in [2.75, 3.05) is 11.9 Å². The number of amides is 2. The number of nitrogens with one attached hydrogen (secondary N) is 1. The molecule has 3 atom stereocenters. The molecule has 4 rings (SSSR count). The number of rotatable bonds is 4. The summed E-state index contributed by atoms with van der Waals surface area (Å²) in [6.45, 7) is 4.43. The van der Waals surface area contributed by atoms with E-state index in [1.807, 2.05) is 11.8 Å². The van der Waals surface area contributed by atoms with E-state index in [0.717, 1.165) is 19.3 Å². The molecule has 0 spiro atoms. The summed E-state index contributed by atoms with van der Waals surface area (Å²) < 4.78 is 21.7. The molecule has 2 unspecified atom stereocenters. The Morgan fingerprint density at radius 1 is 1.33 bits per heavy atom. The molecule has 144 valence electrons. The first kappa shape index (κ1) is 17.8. The standard InChI is InChI=1S/C19H24FN5O2/c1-4-27-17-9-15(20)16(8-14(17)18-21-10-24(3)23-18)22-19(26)25-12-5-11(2)6-13(25)7-12/h8-13H,4-7H2,1-3H3,(H,22,26)/t11?,12-,13?/m1/s1. The second-order valence-electron chi connectivity index (χ2n) is 7.46. The summed E-state index contributed by atoms with van der Waals surface area (Å²) in [7, 11) is 1.76. The topological polar surface area (TPSA) is 72.3 Å². The molecule has 1 aromatic carbocycles. The van der Waals surface area contributed by atoms with Crippen LogP contribution in [0.5, 0.6) is 5.75 Å². The lowest BCUT2D eigenvalue weighted by molar-refractivity contribution is -0.00603. The van der Waals surface area contributed by atoms with Gasteiger partial charge in [0.05, 0.1) is 17.9 Å². The van der Waals surface area contributed by atoms with Crippen molar-refractivity contribution in [1.82, 2.24) is 19.7 Å². The minimum atomic E-state index is -0.537. The van der Waals surface area contributed by atoms with Gasteiger partial charge in [0.25, 0.3) is 0 Å². The SMILES string of the molecule is CCOc1cc(F)c(NC(=O)N2C3CC(C)C[C@@H]2C3)cc1-c1ncn(C)n1. The van der Waals surface area contributed by atoms with Crippen molar-refractivity contribution in [3.8, 4) is 17.1 Å². The van der Waals surface area contributed by atoms with Gasteiger partial charge in [0, 0.05) is 25.2 Å². The van der Waals surface area contributed by atoms with Crippen LogP contribution >= 0.6 is 0 Å². The highest BCUT2D eigenvalue weighted by Gasteiger charge is 2.46. The first-order chi connectivity index (χ1) is 13.0. The third-order valence-electron chi connectivity index (χ3n) is 5.37. The van der Waals surface area contributed by atoms with Crippen molar-refractivity contribution in [3.63, 3.8) is 0 Å². The average molecular weight is 373 g/mol. The Hall–Kier alpha value is -2.64. The number of aromatic nitrogens is 3. The van der Waals surface area contributed by atoms with Gasteiger partial charge in [-0.1, -0.05) is 6.92 Å². The normalized spacial score (nSPS) is 23.7. The summed E-state index contributed by atoms with van der Waals surface area (Å²) in [6, 6.07) is 3.12. The smallest absolute Gasteiger partial charge is 0.322 e. The minimum absolute atomic E-state index is 0.115. The molecule has 8 heteroatoms. The van der Waals surface area contributed by atoms with Gasteiger partial charge >= 0.3 is 6.03 Å². The summed E-state index contributed by atoms with van der Waals surface area (Å²) in [6.07, 6.45) is 4.64. The third-order valence-corrected chi connectivity index (χ3v) is 5.37. The molecule has 2 bridgehead atoms. The van der Waals surface area contributed by atoms with Gasteiger partial charge in [-0.25, -0.2) is 14.2 Å². The molecule has 27 heavy (non-hydrogen) atoms. The van der Waals surface area contributed by atoms with Crippen LogP contribution in [0.25, 0.3) is 11.4 Å². The number of nitrogens with zero attached hydrogens (tertiary/aromatic N) is 4. The number of ether oxygens (including phenoxy) is 1. The highest BCUT2D eigenvalue weighted by molar-refractivity contribution is 5.91. The number of piperidine rings is 1. The molecule has 2 amide bonds. The number of urea groups is 1. The van der Waals surface area contributed by atoms with Crippen LogP contribution in [0.1, 0.15) is 33.1 Å². The van der Waals surface area contributed by atoms with Crippen LogP contribution in [0, 0.1) is 11.7 Å². The number of carbonyl (C=O) groups is 1. The predicted octanol–water partition coefficient (Wildman–Crippen LogP) is 3.42. The molecule has 0 aliphatic carbocycles. The fourth-order valence-corrected chi connectivity index (χ4v) is 4.22. The molecule has 2 aliphatic heterocycles. The van der Waals surface area contributed by atoms with Crippen LogP contribution in [0.4, 0.5) is 14.9 Å². The fourth-order valence-electron chi connectivity index (χ4n) is 4.22. The molecule has 0 saturated carbocycles. The zero-order valence-electron chi connectivity index (χ0n) is 15.8. The molecular formula is C19H24FN5O2. The number of hydrogen-bond donors (Lipinski definition) is 1. The Labute approximate surface area is 157 Å². The van der Waals surface area contributed by atoms with Crippen molar-refractivity contribution in [2.45, 2.75) is 45.2 Å². The maximum Gasteiger partial charge on any atom is 0.322 e. The maximum atomic E-state index is 14.6. The van der Waals surface area contributed by atoms with Crippen molar-refractivity contribution < 1.29 is 13.9 Å². The Kier molecular flexibility index (Phi) is 4.49. The Morgan fingerprint density at radius 2 is 2.07 bits per heavy atom. The molecule has 3 heterocycles. The lowest BCUT2D eigenvalue weighted by atomic mass is 9.74. The number of carbonyl (C=O) groups excluding carboxylic acids is 1. The van der Waals surface area contributed by atoms with Crippen LogP contribution in [0.3, 0.4) is 0 Å². The van der Waals surface area contributed by atoms with E-state index in [2.05, 4.69) is 22.3 Å². The molecular weight excluding hydrogens is 349 g/mol. The minimum Gasteiger partial charge on any atom is -0.493 e. The van der Waals surface area contributed by atoms with Crippen LogP contribution < -0.4 is 10.1 Å². The van der Waals surface area contributed by atoms with Crippen LogP contribution in [0.15, 0.2) is 18.5 Å². The summed E-state index contributed by atoms with van der Waals surface area (Å²) in [4.78, 5) is 18.8. The zero-order chi connectivity index (χ0) is 19.1. The van der Waals surface area contributed by atoms with Gasteiger partial charge < -0.3 is 15.0 Å². The number of fused-ring (bicyclic) bond motifs is 2. The highest BCUT2D eigenvalue weighted by atomic mass is 19.1. The Morgan fingerprint density at radius 3 is 2.70 bits per heavy atom. The number of anilines is 1. The number of halogens is 1. The molecule has 2 fully saturated rings. The quantitative estimate of drug-likeness (QED) is 0.891. The first-order valence-corrected chi connectivity index (χ1v) is 9.38. The fraction of sp³-hybridized carbons (Fsp3) is 0.526. The number of hydrogen-bond acceptors (Lipinski definition) is 4. The van der Waals surface area contributed by atoms with Gasteiger partial charge in [0.15, 0.2) is 11.6 Å². The predicted molar refractivity (Wildman–Crippen MR) is 99.0 cm³/mol. The second-order valence-corrected chi connectivity index (χ2v) is 7.46. The van der Waals surface area contributed by atoms with E-state index in [-0.39, 0.29) is 23.8 Å². The van der Waals surface area contributed by atoms with E-state index < -0.39 is 5.82 Å². The van der Waals surface area contributed by atoms with Crippen molar-refractivity contribution in [3.05, 3.63) is 24.3 Å². The molecule has 0 radical (unpaired) electrons. The van der Waals surface area contributed by atoms with Crippen molar-refractivity contribution in [2.24, 2.45) is 13.0 Å². The summed E-state index contributed by atoms with van der Waals surface area (Å²) in [5, 5.41) is 7.01. The van der Waals surface area contributed by atoms with Crippen LogP contribution in [-0.4, -0.2) is 44.4 Å². The summed E-state index contributed by atoms with van der Waals surface area (Å²) in [5.41, 5.74) is 0.663.